The Labute approximate surface area is 87.4 Å². The molecule has 2 fully saturated rings. The van der Waals surface area contributed by atoms with Crippen molar-refractivity contribution in [2.75, 3.05) is 13.2 Å². The van der Waals surface area contributed by atoms with Crippen LogP contribution in [0.25, 0.3) is 0 Å². The first-order valence-electron chi connectivity index (χ1n) is 6.14. The quantitative estimate of drug-likeness (QED) is 0.696. The Morgan fingerprint density at radius 2 is 2.07 bits per heavy atom. The van der Waals surface area contributed by atoms with Gasteiger partial charge in [0.1, 0.15) is 0 Å². The van der Waals surface area contributed by atoms with Crippen molar-refractivity contribution in [3.05, 3.63) is 0 Å². The lowest BCUT2D eigenvalue weighted by atomic mass is 9.74. The summed E-state index contributed by atoms with van der Waals surface area (Å²) in [5.41, 5.74) is 0.194. The van der Waals surface area contributed by atoms with E-state index in [-0.39, 0.29) is 5.60 Å². The summed E-state index contributed by atoms with van der Waals surface area (Å²) in [5.74, 6) is 0.906. The lowest BCUT2D eigenvalue weighted by molar-refractivity contribution is -0.123. The zero-order valence-corrected chi connectivity index (χ0v) is 9.51. The second-order valence-electron chi connectivity index (χ2n) is 5.01. The zero-order valence-electron chi connectivity index (χ0n) is 9.51. The zero-order chi connectivity index (χ0) is 10.0. The minimum atomic E-state index is 0.194. The first-order valence-corrected chi connectivity index (χ1v) is 6.14. The molecular formula is C12H23NO. The van der Waals surface area contributed by atoms with Crippen LogP contribution in [0, 0.1) is 5.92 Å². The van der Waals surface area contributed by atoms with E-state index in [0.29, 0.717) is 6.04 Å². The molecule has 0 aromatic rings. The van der Waals surface area contributed by atoms with E-state index in [1.807, 2.05) is 0 Å². The molecule has 2 rings (SSSR count). The molecule has 82 valence electrons. The van der Waals surface area contributed by atoms with E-state index in [2.05, 4.69) is 19.2 Å². The summed E-state index contributed by atoms with van der Waals surface area (Å²) < 4.78 is 6.10. The lowest BCUT2D eigenvalue weighted by Crippen LogP contribution is -2.58. The van der Waals surface area contributed by atoms with Crippen molar-refractivity contribution in [1.82, 2.24) is 5.32 Å². The van der Waals surface area contributed by atoms with Crippen LogP contribution in [-0.4, -0.2) is 24.8 Å². The van der Waals surface area contributed by atoms with Crippen LogP contribution in [0.5, 0.6) is 0 Å². The molecule has 1 unspecified atom stereocenters. The fraction of sp³-hybridized carbons (Fsp3) is 1.00. The third-order valence-corrected chi connectivity index (χ3v) is 4.05. The summed E-state index contributed by atoms with van der Waals surface area (Å²) in [7, 11) is 0. The van der Waals surface area contributed by atoms with Gasteiger partial charge in [-0.15, -0.1) is 0 Å². The molecule has 1 spiro atoms. The van der Waals surface area contributed by atoms with Crippen LogP contribution in [0.4, 0.5) is 0 Å². The minimum Gasteiger partial charge on any atom is -0.372 e. The van der Waals surface area contributed by atoms with Crippen molar-refractivity contribution in [3.63, 3.8) is 0 Å². The molecule has 0 aromatic heterocycles. The topological polar surface area (TPSA) is 21.3 Å². The van der Waals surface area contributed by atoms with Gasteiger partial charge in [-0.1, -0.05) is 13.8 Å². The number of hydrogen-bond acceptors (Lipinski definition) is 2. The normalized spacial score (nSPS) is 44.1. The summed E-state index contributed by atoms with van der Waals surface area (Å²) in [6.45, 7) is 6.58. The molecule has 1 atom stereocenters. The fourth-order valence-corrected chi connectivity index (χ4v) is 3.03. The van der Waals surface area contributed by atoms with Crippen molar-refractivity contribution >= 4 is 0 Å². The maximum absolute atomic E-state index is 6.10. The van der Waals surface area contributed by atoms with Gasteiger partial charge >= 0.3 is 0 Å². The Morgan fingerprint density at radius 1 is 1.36 bits per heavy atom. The summed E-state index contributed by atoms with van der Waals surface area (Å²) in [4.78, 5) is 0. The van der Waals surface area contributed by atoms with Crippen molar-refractivity contribution in [2.24, 2.45) is 5.92 Å². The first kappa shape index (κ1) is 10.4. The Bertz CT molecular complexity index is 185. The molecule has 1 aliphatic carbocycles. The Morgan fingerprint density at radius 3 is 2.71 bits per heavy atom. The van der Waals surface area contributed by atoms with Crippen molar-refractivity contribution in [2.45, 2.75) is 57.6 Å². The van der Waals surface area contributed by atoms with Crippen LogP contribution in [0.2, 0.25) is 0 Å². The van der Waals surface area contributed by atoms with Gasteiger partial charge in [-0.25, -0.2) is 0 Å². The smallest absolute Gasteiger partial charge is 0.0835 e. The van der Waals surface area contributed by atoms with E-state index in [1.165, 1.54) is 32.1 Å². The molecule has 1 aliphatic heterocycles. The van der Waals surface area contributed by atoms with Crippen molar-refractivity contribution in [3.8, 4) is 0 Å². The largest absolute Gasteiger partial charge is 0.372 e. The van der Waals surface area contributed by atoms with E-state index in [9.17, 15) is 0 Å². The number of ether oxygens (including phenoxy) is 1. The third-order valence-electron chi connectivity index (χ3n) is 4.05. The molecular weight excluding hydrogens is 174 g/mol. The van der Waals surface area contributed by atoms with Gasteiger partial charge in [-0.3, -0.25) is 0 Å². The van der Waals surface area contributed by atoms with Crippen LogP contribution < -0.4 is 5.32 Å². The predicted octanol–water partition coefficient (Wildman–Crippen LogP) is 2.33. The summed E-state index contributed by atoms with van der Waals surface area (Å²) in [6, 6.07) is 0.601. The molecule has 2 aliphatic rings. The Hall–Kier alpha value is -0.0800. The van der Waals surface area contributed by atoms with E-state index in [0.717, 1.165) is 19.1 Å². The van der Waals surface area contributed by atoms with Gasteiger partial charge in [0.05, 0.1) is 12.2 Å². The highest BCUT2D eigenvalue weighted by Crippen LogP contribution is 2.39. The van der Waals surface area contributed by atoms with E-state index in [1.54, 1.807) is 0 Å². The van der Waals surface area contributed by atoms with Gasteiger partial charge in [0.15, 0.2) is 0 Å². The summed E-state index contributed by atoms with van der Waals surface area (Å²) in [5, 5.41) is 3.62. The number of morpholine rings is 1. The molecule has 14 heavy (non-hydrogen) atoms. The number of rotatable bonds is 1. The van der Waals surface area contributed by atoms with Crippen LogP contribution in [0.15, 0.2) is 0 Å². The lowest BCUT2D eigenvalue weighted by Gasteiger charge is -2.48. The van der Waals surface area contributed by atoms with Crippen LogP contribution in [0.3, 0.4) is 0 Å². The molecule has 0 bridgehead atoms. The number of nitrogens with one attached hydrogen (secondary N) is 1. The van der Waals surface area contributed by atoms with Crippen LogP contribution >= 0.6 is 0 Å². The maximum atomic E-state index is 6.10. The second-order valence-corrected chi connectivity index (χ2v) is 5.01. The number of hydrogen-bond donors (Lipinski definition) is 1. The molecule has 1 saturated heterocycles. The molecule has 1 saturated carbocycles. The van der Waals surface area contributed by atoms with Crippen LogP contribution in [0.1, 0.15) is 46.0 Å². The van der Waals surface area contributed by atoms with Gasteiger partial charge < -0.3 is 10.1 Å². The summed E-state index contributed by atoms with van der Waals surface area (Å²) in [6.07, 6.45) is 6.42. The molecule has 0 aromatic carbocycles. The third kappa shape index (κ3) is 1.82. The van der Waals surface area contributed by atoms with Gasteiger partial charge in [-0.2, -0.15) is 0 Å². The molecule has 0 radical (unpaired) electrons. The van der Waals surface area contributed by atoms with Gasteiger partial charge in [0.2, 0.25) is 0 Å². The van der Waals surface area contributed by atoms with Gasteiger partial charge in [-0.05, 0) is 38.0 Å². The van der Waals surface area contributed by atoms with Crippen LogP contribution in [-0.2, 0) is 4.74 Å². The second kappa shape index (κ2) is 4.19. The average Bonchev–Trinajstić information content (AvgIpc) is 2.23. The molecule has 1 N–H and O–H groups in total. The maximum Gasteiger partial charge on any atom is 0.0835 e. The monoisotopic (exact) mass is 197 g/mol. The highest BCUT2D eigenvalue weighted by Gasteiger charge is 2.42. The SMILES string of the molecule is CCC1NCCOC12CCC(C)CC2. The molecule has 1 heterocycles. The van der Waals surface area contributed by atoms with E-state index in [4.69, 9.17) is 4.74 Å². The highest BCUT2D eigenvalue weighted by molar-refractivity contribution is 4.97. The van der Waals surface area contributed by atoms with Crippen molar-refractivity contribution < 1.29 is 4.74 Å². The molecule has 2 nitrogen and oxygen atoms in total. The average molecular weight is 197 g/mol. The molecule has 0 amide bonds. The Balaban J connectivity index is 2.03. The first-order chi connectivity index (χ1) is 6.77. The van der Waals surface area contributed by atoms with E-state index < -0.39 is 0 Å². The van der Waals surface area contributed by atoms with Crippen molar-refractivity contribution in [1.29, 1.82) is 0 Å². The minimum absolute atomic E-state index is 0.194. The fourth-order valence-electron chi connectivity index (χ4n) is 3.03. The predicted molar refractivity (Wildman–Crippen MR) is 58.4 cm³/mol. The summed E-state index contributed by atoms with van der Waals surface area (Å²) >= 11 is 0. The Kier molecular flexibility index (Phi) is 3.13. The molecule has 2 heteroatoms. The van der Waals surface area contributed by atoms with E-state index >= 15 is 0 Å². The highest BCUT2D eigenvalue weighted by atomic mass is 16.5. The van der Waals surface area contributed by atoms with Gasteiger partial charge in [0.25, 0.3) is 0 Å². The van der Waals surface area contributed by atoms with Gasteiger partial charge in [0, 0.05) is 12.6 Å². The standard InChI is InChI=1S/C12H23NO/c1-3-11-12(14-9-8-13-11)6-4-10(2)5-7-12/h10-11,13H,3-9H2,1-2H3.